The summed E-state index contributed by atoms with van der Waals surface area (Å²) in [5.74, 6) is -0.117. The molecule has 0 spiro atoms. The normalized spacial score (nSPS) is 18.1. The second-order valence-electron chi connectivity index (χ2n) is 7.77. The molecule has 1 atom stereocenters. The Kier molecular flexibility index (Phi) is 8.13. The molecule has 164 valence electrons. The zero-order chi connectivity index (χ0) is 22.2. The van der Waals surface area contributed by atoms with E-state index in [1.54, 1.807) is 31.2 Å². The Bertz CT molecular complexity index is 966. The van der Waals surface area contributed by atoms with Gasteiger partial charge in [0.15, 0.2) is 0 Å². The molecule has 31 heavy (non-hydrogen) atoms. The van der Waals surface area contributed by atoms with Gasteiger partial charge in [-0.2, -0.15) is 0 Å². The van der Waals surface area contributed by atoms with Crippen LogP contribution in [0.3, 0.4) is 0 Å². The van der Waals surface area contributed by atoms with E-state index in [9.17, 15) is 14.7 Å². The summed E-state index contributed by atoms with van der Waals surface area (Å²) in [6.45, 7) is 2.06. The lowest BCUT2D eigenvalue weighted by atomic mass is 10.0. The first-order chi connectivity index (χ1) is 14.9. The smallest absolute Gasteiger partial charge is 0.342 e. The summed E-state index contributed by atoms with van der Waals surface area (Å²) in [6.07, 6.45) is 7.09. The van der Waals surface area contributed by atoms with Crippen molar-refractivity contribution in [2.75, 3.05) is 0 Å². The van der Waals surface area contributed by atoms with Crippen molar-refractivity contribution in [1.29, 1.82) is 0 Å². The topological polar surface area (TPSA) is 72.8 Å². The minimum Gasteiger partial charge on any atom is -0.507 e. The second kappa shape index (κ2) is 11.0. The van der Waals surface area contributed by atoms with Crippen LogP contribution in [0.4, 0.5) is 0 Å². The van der Waals surface area contributed by atoms with Crippen LogP contribution in [-0.4, -0.2) is 23.0 Å². The van der Waals surface area contributed by atoms with Crippen molar-refractivity contribution < 1.29 is 24.2 Å². The predicted molar refractivity (Wildman–Crippen MR) is 121 cm³/mol. The van der Waals surface area contributed by atoms with Crippen molar-refractivity contribution in [2.45, 2.75) is 58.2 Å². The second-order valence-corrected chi connectivity index (χ2v) is 8.20. The van der Waals surface area contributed by atoms with E-state index in [0.29, 0.717) is 48.4 Å². The minimum atomic E-state index is -0.588. The van der Waals surface area contributed by atoms with Crippen molar-refractivity contribution in [1.82, 2.24) is 0 Å². The van der Waals surface area contributed by atoms with Crippen LogP contribution in [0, 0.1) is 0 Å². The predicted octanol–water partition coefficient (Wildman–Crippen LogP) is 6.11. The van der Waals surface area contributed by atoms with Crippen molar-refractivity contribution in [3.8, 4) is 11.5 Å². The summed E-state index contributed by atoms with van der Waals surface area (Å²) >= 11 is 6.02. The number of benzene rings is 2. The molecule has 1 aliphatic rings. The number of fused-ring (bicyclic) bond motifs is 1. The van der Waals surface area contributed by atoms with Crippen LogP contribution in [0.2, 0.25) is 5.02 Å². The van der Waals surface area contributed by atoms with Crippen LogP contribution < -0.4 is 4.74 Å². The summed E-state index contributed by atoms with van der Waals surface area (Å²) in [4.78, 5) is 24.7. The van der Waals surface area contributed by atoms with Gasteiger partial charge in [0.05, 0.1) is 6.10 Å². The number of rotatable bonds is 3. The third-order valence-electron chi connectivity index (χ3n) is 5.12. The fraction of sp³-hybridized carbons (Fsp3) is 0.360. The number of halogens is 1. The number of phenols is 1. The SMILES string of the molecule is CC1CCCC(=O)CCCC=Cc2cc(OCc3cccc(Cl)c3)cc(O)c2C(=O)O1. The van der Waals surface area contributed by atoms with Crippen LogP contribution in [0.15, 0.2) is 42.5 Å². The van der Waals surface area contributed by atoms with Crippen LogP contribution in [0.25, 0.3) is 6.08 Å². The maximum atomic E-state index is 12.8. The highest BCUT2D eigenvalue weighted by molar-refractivity contribution is 6.30. The van der Waals surface area contributed by atoms with Crippen molar-refractivity contribution in [3.05, 3.63) is 64.2 Å². The van der Waals surface area contributed by atoms with Crippen molar-refractivity contribution >= 4 is 29.4 Å². The Labute approximate surface area is 187 Å². The summed E-state index contributed by atoms with van der Waals surface area (Å²) < 4.78 is 11.3. The van der Waals surface area contributed by atoms with E-state index in [4.69, 9.17) is 21.1 Å². The number of aromatic hydroxyl groups is 1. The molecule has 2 aromatic rings. The van der Waals surface area contributed by atoms with E-state index in [0.717, 1.165) is 12.0 Å². The summed E-state index contributed by atoms with van der Waals surface area (Å²) in [7, 11) is 0. The highest BCUT2D eigenvalue weighted by atomic mass is 35.5. The molecule has 2 aromatic carbocycles. The lowest BCUT2D eigenvalue weighted by Crippen LogP contribution is -2.17. The number of cyclic esters (lactones) is 1. The molecule has 1 N–H and O–H groups in total. The summed E-state index contributed by atoms with van der Waals surface area (Å²) in [5, 5.41) is 11.2. The monoisotopic (exact) mass is 442 g/mol. The van der Waals surface area contributed by atoms with Crippen LogP contribution >= 0.6 is 11.6 Å². The van der Waals surface area contributed by atoms with Gasteiger partial charge >= 0.3 is 5.97 Å². The molecule has 6 heteroatoms. The van der Waals surface area contributed by atoms with Crippen LogP contribution in [-0.2, 0) is 16.1 Å². The molecule has 1 heterocycles. The molecular formula is C25H27ClO5. The molecule has 0 aromatic heterocycles. The standard InChI is InChI=1S/C25H27ClO5/c1-17-7-5-12-21(27)11-4-2-3-9-19-14-22(15-23(28)24(19)25(29)31-17)30-16-18-8-6-10-20(26)13-18/h3,6,8-10,13-15,17,28H,2,4-5,7,11-12,16H2,1H3. The van der Waals surface area contributed by atoms with Gasteiger partial charge in [-0.1, -0.05) is 35.9 Å². The van der Waals surface area contributed by atoms with Crippen LogP contribution in [0.5, 0.6) is 11.5 Å². The van der Waals surface area contributed by atoms with E-state index in [2.05, 4.69) is 0 Å². The largest absolute Gasteiger partial charge is 0.507 e. The third-order valence-corrected chi connectivity index (χ3v) is 5.35. The van der Waals surface area contributed by atoms with Gasteiger partial charge in [0, 0.05) is 23.9 Å². The molecule has 0 aliphatic carbocycles. The summed E-state index contributed by atoms with van der Waals surface area (Å²) in [5.41, 5.74) is 1.52. The lowest BCUT2D eigenvalue weighted by molar-refractivity contribution is -0.119. The molecular weight excluding hydrogens is 416 g/mol. The fourth-order valence-electron chi connectivity index (χ4n) is 3.49. The van der Waals surface area contributed by atoms with Gasteiger partial charge in [-0.25, -0.2) is 4.79 Å². The van der Waals surface area contributed by atoms with Crippen molar-refractivity contribution in [2.24, 2.45) is 0 Å². The quantitative estimate of drug-likeness (QED) is 0.581. The molecule has 0 saturated carbocycles. The Hall–Kier alpha value is -2.79. The van der Waals surface area contributed by atoms with Crippen molar-refractivity contribution in [3.63, 3.8) is 0 Å². The number of ether oxygens (including phenoxy) is 2. The van der Waals surface area contributed by atoms with Gasteiger partial charge in [-0.3, -0.25) is 4.79 Å². The number of carbonyl (C=O) groups is 2. The molecule has 0 radical (unpaired) electrons. The minimum absolute atomic E-state index is 0.117. The zero-order valence-corrected chi connectivity index (χ0v) is 18.4. The van der Waals surface area contributed by atoms with E-state index in [1.807, 2.05) is 18.2 Å². The Balaban J connectivity index is 1.85. The van der Waals surface area contributed by atoms with Gasteiger partial charge in [-0.05, 0) is 61.9 Å². The highest BCUT2D eigenvalue weighted by Crippen LogP contribution is 2.31. The third kappa shape index (κ3) is 6.86. The number of carbonyl (C=O) groups excluding carboxylic acids is 2. The molecule has 3 rings (SSSR count). The first-order valence-corrected chi connectivity index (χ1v) is 10.9. The zero-order valence-electron chi connectivity index (χ0n) is 17.6. The van der Waals surface area contributed by atoms with E-state index in [1.165, 1.54) is 6.07 Å². The number of esters is 1. The van der Waals surface area contributed by atoms with Gasteiger partial charge < -0.3 is 14.6 Å². The molecule has 0 fully saturated rings. The van der Waals surface area contributed by atoms with E-state index >= 15 is 0 Å². The van der Waals surface area contributed by atoms with Gasteiger partial charge in [0.2, 0.25) is 0 Å². The molecule has 0 saturated heterocycles. The van der Waals surface area contributed by atoms with Gasteiger partial charge in [0.1, 0.15) is 29.5 Å². The average molecular weight is 443 g/mol. The Morgan fingerprint density at radius 1 is 1.16 bits per heavy atom. The Morgan fingerprint density at radius 3 is 2.77 bits per heavy atom. The number of hydrogen-bond donors (Lipinski definition) is 1. The van der Waals surface area contributed by atoms with Gasteiger partial charge in [0.25, 0.3) is 0 Å². The number of ketones is 1. The number of hydrogen-bond acceptors (Lipinski definition) is 5. The summed E-state index contributed by atoms with van der Waals surface area (Å²) in [6, 6.07) is 10.5. The van der Waals surface area contributed by atoms with E-state index < -0.39 is 5.97 Å². The first kappa shape index (κ1) is 22.9. The number of allylic oxidation sites excluding steroid dienone is 1. The van der Waals surface area contributed by atoms with Gasteiger partial charge in [-0.15, -0.1) is 0 Å². The molecule has 1 aliphatic heterocycles. The Morgan fingerprint density at radius 2 is 1.97 bits per heavy atom. The molecule has 0 bridgehead atoms. The fourth-order valence-corrected chi connectivity index (χ4v) is 3.71. The molecule has 5 nitrogen and oxygen atoms in total. The van der Waals surface area contributed by atoms with Crippen LogP contribution in [0.1, 0.15) is 66.9 Å². The first-order valence-electron chi connectivity index (χ1n) is 10.6. The van der Waals surface area contributed by atoms with E-state index in [-0.39, 0.29) is 29.8 Å². The average Bonchev–Trinajstić information content (AvgIpc) is 2.71. The maximum absolute atomic E-state index is 12.8. The molecule has 1 unspecified atom stereocenters. The maximum Gasteiger partial charge on any atom is 0.342 e. The number of Topliss-reactive ketones (excluding diaryl/α,β-unsaturated/α-hetero) is 1. The lowest BCUT2D eigenvalue weighted by Gasteiger charge is -2.16. The highest BCUT2D eigenvalue weighted by Gasteiger charge is 2.21. The number of phenolic OH excluding ortho intramolecular Hbond substituents is 1. The molecule has 0 amide bonds.